The van der Waals surface area contributed by atoms with Gasteiger partial charge < -0.3 is 10.9 Å². The molecule has 0 spiro atoms. The highest BCUT2D eigenvalue weighted by atomic mass is 16.4. The van der Waals surface area contributed by atoms with E-state index in [4.69, 9.17) is 10.9 Å². The van der Waals surface area contributed by atoms with Crippen LogP contribution >= 0.6 is 0 Å². The molecule has 1 aromatic carbocycles. The first kappa shape index (κ1) is 10.2. The van der Waals surface area contributed by atoms with Gasteiger partial charge in [-0.3, -0.25) is 4.68 Å². The molecule has 1 aromatic heterocycles. The lowest BCUT2D eigenvalue weighted by Crippen LogP contribution is -2.16. The highest BCUT2D eigenvalue weighted by Gasteiger charge is 2.06. The first-order chi connectivity index (χ1) is 7.81. The number of hydrogen-bond acceptors (Lipinski definition) is 3. The van der Waals surface area contributed by atoms with Crippen molar-refractivity contribution >= 4 is 5.84 Å². The van der Waals surface area contributed by atoms with E-state index in [1.165, 1.54) is 0 Å². The minimum Gasteiger partial charge on any atom is -0.409 e. The maximum atomic E-state index is 8.68. The van der Waals surface area contributed by atoms with E-state index in [2.05, 4.69) is 10.3 Å². The molecule has 5 nitrogen and oxygen atoms in total. The molecule has 5 heteroatoms. The van der Waals surface area contributed by atoms with Crippen LogP contribution in [0.1, 0.15) is 11.1 Å². The molecular formula is C11H12N4O. The smallest absolute Gasteiger partial charge is 0.170 e. The summed E-state index contributed by atoms with van der Waals surface area (Å²) in [4.78, 5) is 0. The number of rotatable bonds is 3. The SMILES string of the molecule is N/C(=N\O)c1ccccc1Cn1cccn1. The fraction of sp³-hybridized carbons (Fsp3) is 0.0909. The molecule has 0 fully saturated rings. The molecule has 0 aliphatic heterocycles. The Morgan fingerprint density at radius 1 is 1.38 bits per heavy atom. The van der Waals surface area contributed by atoms with Crippen molar-refractivity contribution in [3.8, 4) is 0 Å². The Kier molecular flexibility index (Phi) is 2.86. The Morgan fingerprint density at radius 3 is 2.88 bits per heavy atom. The van der Waals surface area contributed by atoms with Gasteiger partial charge in [0, 0.05) is 18.0 Å². The number of aromatic nitrogens is 2. The monoisotopic (exact) mass is 216 g/mol. The van der Waals surface area contributed by atoms with E-state index in [1.54, 1.807) is 10.9 Å². The van der Waals surface area contributed by atoms with Gasteiger partial charge in [0.1, 0.15) is 0 Å². The van der Waals surface area contributed by atoms with Crippen LogP contribution < -0.4 is 5.73 Å². The first-order valence-electron chi connectivity index (χ1n) is 4.84. The quantitative estimate of drug-likeness (QED) is 0.348. The summed E-state index contributed by atoms with van der Waals surface area (Å²) < 4.78 is 1.78. The zero-order valence-corrected chi connectivity index (χ0v) is 8.61. The second-order valence-electron chi connectivity index (χ2n) is 3.35. The molecule has 0 aliphatic carbocycles. The van der Waals surface area contributed by atoms with Gasteiger partial charge in [-0.15, -0.1) is 0 Å². The fourth-order valence-electron chi connectivity index (χ4n) is 1.53. The average molecular weight is 216 g/mol. The third-order valence-electron chi connectivity index (χ3n) is 2.29. The van der Waals surface area contributed by atoms with Gasteiger partial charge >= 0.3 is 0 Å². The summed E-state index contributed by atoms with van der Waals surface area (Å²) in [5.41, 5.74) is 7.28. The van der Waals surface area contributed by atoms with Crippen LogP contribution in [0, 0.1) is 0 Å². The summed E-state index contributed by atoms with van der Waals surface area (Å²) in [6, 6.07) is 9.35. The molecule has 2 rings (SSSR count). The van der Waals surface area contributed by atoms with Gasteiger partial charge in [-0.2, -0.15) is 5.10 Å². The summed E-state index contributed by atoms with van der Waals surface area (Å²) >= 11 is 0. The van der Waals surface area contributed by atoms with E-state index in [-0.39, 0.29) is 5.84 Å². The van der Waals surface area contributed by atoms with Crippen LogP contribution in [0.2, 0.25) is 0 Å². The predicted octanol–water partition coefficient (Wildman–Crippen LogP) is 1.03. The Bertz CT molecular complexity index is 490. The van der Waals surface area contributed by atoms with Crippen LogP contribution in [-0.2, 0) is 6.54 Å². The lowest BCUT2D eigenvalue weighted by atomic mass is 10.1. The zero-order valence-electron chi connectivity index (χ0n) is 8.61. The minimum atomic E-state index is 0.114. The van der Waals surface area contributed by atoms with Gasteiger partial charge in [0.2, 0.25) is 0 Å². The van der Waals surface area contributed by atoms with Gasteiger partial charge in [0.25, 0.3) is 0 Å². The van der Waals surface area contributed by atoms with E-state index in [1.807, 2.05) is 36.5 Å². The van der Waals surface area contributed by atoms with Crippen LogP contribution in [0.15, 0.2) is 47.9 Å². The first-order valence-corrected chi connectivity index (χ1v) is 4.84. The molecule has 0 aliphatic rings. The van der Waals surface area contributed by atoms with Crippen molar-refractivity contribution in [2.24, 2.45) is 10.9 Å². The second kappa shape index (κ2) is 4.48. The summed E-state index contributed by atoms with van der Waals surface area (Å²) in [6.07, 6.45) is 3.58. The van der Waals surface area contributed by atoms with Crippen LogP contribution in [-0.4, -0.2) is 20.8 Å². The normalized spacial score (nSPS) is 11.6. The Morgan fingerprint density at radius 2 is 2.19 bits per heavy atom. The summed E-state index contributed by atoms with van der Waals surface area (Å²) in [5, 5.41) is 15.8. The average Bonchev–Trinajstić information content (AvgIpc) is 2.82. The molecule has 2 aromatic rings. The predicted molar refractivity (Wildman–Crippen MR) is 60.3 cm³/mol. The fourth-order valence-corrected chi connectivity index (χ4v) is 1.53. The lowest BCUT2D eigenvalue weighted by molar-refractivity contribution is 0.318. The van der Waals surface area contributed by atoms with Gasteiger partial charge in [0.05, 0.1) is 6.54 Å². The van der Waals surface area contributed by atoms with Gasteiger partial charge in [-0.05, 0) is 11.6 Å². The molecule has 0 radical (unpaired) electrons. The summed E-state index contributed by atoms with van der Waals surface area (Å²) in [7, 11) is 0. The molecule has 0 bridgehead atoms. The number of amidine groups is 1. The van der Waals surface area contributed by atoms with Gasteiger partial charge in [-0.1, -0.05) is 29.4 Å². The van der Waals surface area contributed by atoms with Crippen molar-refractivity contribution in [3.63, 3.8) is 0 Å². The molecule has 82 valence electrons. The molecule has 3 N–H and O–H groups in total. The molecule has 1 heterocycles. The van der Waals surface area contributed by atoms with E-state index in [9.17, 15) is 0 Å². The van der Waals surface area contributed by atoms with Crippen molar-refractivity contribution in [3.05, 3.63) is 53.9 Å². The Hall–Kier alpha value is -2.30. The van der Waals surface area contributed by atoms with Crippen molar-refractivity contribution in [2.75, 3.05) is 0 Å². The number of nitrogens with two attached hydrogens (primary N) is 1. The molecule has 0 amide bonds. The van der Waals surface area contributed by atoms with Gasteiger partial charge in [-0.25, -0.2) is 0 Å². The zero-order chi connectivity index (χ0) is 11.4. The van der Waals surface area contributed by atoms with Crippen LogP contribution in [0.5, 0.6) is 0 Å². The van der Waals surface area contributed by atoms with Crippen LogP contribution in [0.3, 0.4) is 0 Å². The molecule has 0 unspecified atom stereocenters. The Balaban J connectivity index is 2.34. The third-order valence-corrected chi connectivity index (χ3v) is 2.29. The highest BCUT2D eigenvalue weighted by molar-refractivity contribution is 5.98. The third kappa shape index (κ3) is 2.03. The van der Waals surface area contributed by atoms with Crippen molar-refractivity contribution in [2.45, 2.75) is 6.54 Å². The van der Waals surface area contributed by atoms with E-state index in [0.717, 1.165) is 11.1 Å². The largest absolute Gasteiger partial charge is 0.409 e. The Labute approximate surface area is 92.8 Å². The molecule has 16 heavy (non-hydrogen) atoms. The van der Waals surface area contributed by atoms with Crippen molar-refractivity contribution in [1.82, 2.24) is 9.78 Å². The van der Waals surface area contributed by atoms with E-state index >= 15 is 0 Å². The van der Waals surface area contributed by atoms with Crippen LogP contribution in [0.4, 0.5) is 0 Å². The lowest BCUT2D eigenvalue weighted by Gasteiger charge is -2.07. The standard InChI is InChI=1S/C11H12N4O/c12-11(14-16)10-5-2-1-4-9(10)8-15-7-3-6-13-15/h1-7,16H,8H2,(H2,12,14). The number of oxime groups is 1. The molecule has 0 saturated heterocycles. The molecular weight excluding hydrogens is 204 g/mol. The molecule has 0 atom stereocenters. The van der Waals surface area contributed by atoms with Crippen molar-refractivity contribution < 1.29 is 5.21 Å². The maximum absolute atomic E-state index is 8.68. The number of nitrogens with zero attached hydrogens (tertiary/aromatic N) is 3. The van der Waals surface area contributed by atoms with E-state index in [0.29, 0.717) is 6.54 Å². The van der Waals surface area contributed by atoms with E-state index < -0.39 is 0 Å². The minimum absolute atomic E-state index is 0.114. The molecule has 0 saturated carbocycles. The van der Waals surface area contributed by atoms with Crippen LogP contribution in [0.25, 0.3) is 0 Å². The number of hydrogen-bond donors (Lipinski definition) is 2. The maximum Gasteiger partial charge on any atom is 0.170 e. The summed E-state index contributed by atoms with van der Waals surface area (Å²) in [6.45, 7) is 0.597. The van der Waals surface area contributed by atoms with Gasteiger partial charge in [0.15, 0.2) is 5.84 Å². The topological polar surface area (TPSA) is 76.4 Å². The second-order valence-corrected chi connectivity index (χ2v) is 3.35. The summed E-state index contributed by atoms with van der Waals surface area (Å²) in [5.74, 6) is 0.114. The number of benzene rings is 1. The highest BCUT2D eigenvalue weighted by Crippen LogP contribution is 2.09. The van der Waals surface area contributed by atoms with Crippen molar-refractivity contribution in [1.29, 1.82) is 0 Å².